The third-order valence-corrected chi connectivity index (χ3v) is 5.71. The maximum atomic E-state index is 11.0. The van der Waals surface area contributed by atoms with Gasteiger partial charge in [-0.2, -0.15) is 0 Å². The zero-order valence-electron chi connectivity index (χ0n) is 10.7. The molecule has 0 radical (unpaired) electrons. The van der Waals surface area contributed by atoms with Crippen molar-refractivity contribution >= 4 is 21.2 Å². The summed E-state index contributed by atoms with van der Waals surface area (Å²) < 4.78 is 22.1. The summed E-state index contributed by atoms with van der Waals surface area (Å²) in [6, 6.07) is 2.12. The largest absolute Gasteiger partial charge is 0.388 e. The lowest BCUT2D eigenvalue weighted by molar-refractivity contribution is 0.170. The zero-order valence-corrected chi connectivity index (χ0v) is 12.3. The Bertz CT molecular complexity index is 479. The molecule has 3 nitrogen and oxygen atoms in total. The minimum Gasteiger partial charge on any atom is -0.388 e. The molecule has 0 bridgehead atoms. The molecule has 0 saturated heterocycles. The van der Waals surface area contributed by atoms with E-state index in [9.17, 15) is 13.5 Å². The molecule has 1 aromatic rings. The number of aliphatic hydroxyl groups excluding tert-OH is 1. The summed E-state index contributed by atoms with van der Waals surface area (Å²) >= 11 is 1.70. The topological polar surface area (TPSA) is 54.4 Å². The van der Waals surface area contributed by atoms with E-state index in [4.69, 9.17) is 0 Å². The van der Waals surface area contributed by atoms with Gasteiger partial charge in [0.05, 0.1) is 6.10 Å². The fourth-order valence-electron chi connectivity index (χ4n) is 2.36. The molecule has 0 aromatic carbocycles. The standard InChI is InChI=1S/C13H20O3S2/c1-18(15,16)8-4-6-11(14)13-9-10-5-2-3-7-12(10)17-13/h9,11,14H,2-8H2,1H3. The van der Waals surface area contributed by atoms with Crippen LogP contribution < -0.4 is 0 Å². The lowest BCUT2D eigenvalue weighted by Crippen LogP contribution is -2.05. The molecule has 1 N–H and O–H groups in total. The molecule has 5 heteroatoms. The van der Waals surface area contributed by atoms with Crippen LogP contribution in [0.1, 0.15) is 47.1 Å². The van der Waals surface area contributed by atoms with Crippen molar-refractivity contribution in [1.82, 2.24) is 0 Å². The molecule has 1 atom stereocenters. The molecular formula is C13H20O3S2. The Balaban J connectivity index is 1.92. The monoisotopic (exact) mass is 288 g/mol. The lowest BCUT2D eigenvalue weighted by Gasteiger charge is -2.08. The highest BCUT2D eigenvalue weighted by atomic mass is 32.2. The van der Waals surface area contributed by atoms with E-state index in [1.807, 2.05) is 0 Å². The van der Waals surface area contributed by atoms with Gasteiger partial charge in [0.15, 0.2) is 0 Å². The SMILES string of the molecule is CS(=O)(=O)CCCC(O)c1cc2c(s1)CCCC2. The second kappa shape index (κ2) is 5.72. The summed E-state index contributed by atoms with van der Waals surface area (Å²) in [6.07, 6.45) is 6.56. The number of thiophene rings is 1. The van der Waals surface area contributed by atoms with Crippen molar-refractivity contribution in [3.8, 4) is 0 Å². The second-order valence-electron chi connectivity index (χ2n) is 5.09. The molecule has 1 heterocycles. The van der Waals surface area contributed by atoms with Gasteiger partial charge in [-0.05, 0) is 50.2 Å². The number of hydrogen-bond donors (Lipinski definition) is 1. The molecule has 0 amide bonds. The Morgan fingerprint density at radius 1 is 1.39 bits per heavy atom. The van der Waals surface area contributed by atoms with Crippen LogP contribution in [0.3, 0.4) is 0 Å². The highest BCUT2D eigenvalue weighted by molar-refractivity contribution is 7.90. The Kier molecular flexibility index (Phi) is 4.45. The number of sulfone groups is 1. The van der Waals surface area contributed by atoms with E-state index in [1.54, 1.807) is 11.3 Å². The second-order valence-corrected chi connectivity index (χ2v) is 8.52. The van der Waals surface area contributed by atoms with Crippen LogP contribution in [0, 0.1) is 0 Å². The molecule has 18 heavy (non-hydrogen) atoms. The lowest BCUT2D eigenvalue weighted by atomic mass is 9.99. The predicted molar refractivity (Wildman–Crippen MR) is 74.9 cm³/mol. The maximum absolute atomic E-state index is 11.0. The molecule has 2 rings (SSSR count). The third-order valence-electron chi connectivity index (χ3n) is 3.34. The van der Waals surface area contributed by atoms with Gasteiger partial charge in [0.1, 0.15) is 9.84 Å². The Hall–Kier alpha value is -0.390. The zero-order chi connectivity index (χ0) is 13.2. The fraction of sp³-hybridized carbons (Fsp3) is 0.692. The minimum absolute atomic E-state index is 0.162. The molecule has 0 aliphatic heterocycles. The molecule has 1 unspecified atom stereocenters. The molecule has 0 spiro atoms. The first kappa shape index (κ1) is 14.0. The van der Waals surface area contributed by atoms with Gasteiger partial charge in [-0.15, -0.1) is 11.3 Å². The summed E-state index contributed by atoms with van der Waals surface area (Å²) in [5, 5.41) is 10.1. The average molecular weight is 288 g/mol. The summed E-state index contributed by atoms with van der Waals surface area (Å²) in [5.41, 5.74) is 1.39. The van der Waals surface area contributed by atoms with Crippen molar-refractivity contribution in [3.05, 3.63) is 21.4 Å². The Morgan fingerprint density at radius 3 is 2.78 bits per heavy atom. The average Bonchev–Trinajstić information content (AvgIpc) is 2.70. The van der Waals surface area contributed by atoms with Crippen molar-refractivity contribution < 1.29 is 13.5 Å². The summed E-state index contributed by atoms with van der Waals surface area (Å²) in [4.78, 5) is 2.42. The van der Waals surface area contributed by atoms with Crippen LogP contribution >= 0.6 is 11.3 Å². The van der Waals surface area contributed by atoms with Crippen LogP contribution in [0.25, 0.3) is 0 Å². The normalized spacial score (nSPS) is 17.4. The summed E-state index contributed by atoms with van der Waals surface area (Å²) in [7, 11) is -2.91. The van der Waals surface area contributed by atoms with Gasteiger partial charge in [0, 0.05) is 21.8 Å². The predicted octanol–water partition coefficient (Wildman–Crippen LogP) is 2.49. The fourth-order valence-corrected chi connectivity index (χ4v) is 4.33. The van der Waals surface area contributed by atoms with Crippen molar-refractivity contribution in [2.45, 2.75) is 44.6 Å². The van der Waals surface area contributed by atoms with Gasteiger partial charge in [-0.25, -0.2) is 8.42 Å². The van der Waals surface area contributed by atoms with Crippen molar-refractivity contribution in [1.29, 1.82) is 0 Å². The number of hydrogen-bond acceptors (Lipinski definition) is 4. The van der Waals surface area contributed by atoms with E-state index in [0.717, 1.165) is 17.7 Å². The Morgan fingerprint density at radius 2 is 2.11 bits per heavy atom. The molecule has 0 saturated carbocycles. The van der Waals surface area contributed by atoms with E-state index in [-0.39, 0.29) is 5.75 Å². The van der Waals surface area contributed by atoms with Crippen LogP contribution in [-0.2, 0) is 22.7 Å². The summed E-state index contributed by atoms with van der Waals surface area (Å²) in [6.45, 7) is 0. The first-order chi connectivity index (χ1) is 8.46. The van der Waals surface area contributed by atoms with Crippen molar-refractivity contribution in [2.75, 3.05) is 12.0 Å². The Labute approximate surface area is 113 Å². The van der Waals surface area contributed by atoms with E-state index < -0.39 is 15.9 Å². The highest BCUT2D eigenvalue weighted by Crippen LogP contribution is 2.34. The third kappa shape index (κ3) is 3.80. The van der Waals surface area contributed by atoms with Crippen LogP contribution in [0.4, 0.5) is 0 Å². The van der Waals surface area contributed by atoms with Gasteiger partial charge in [0.25, 0.3) is 0 Å². The molecular weight excluding hydrogens is 268 g/mol. The van der Waals surface area contributed by atoms with Crippen LogP contribution in [0.15, 0.2) is 6.07 Å². The number of fused-ring (bicyclic) bond motifs is 1. The number of aliphatic hydroxyl groups is 1. The number of aryl methyl sites for hydroxylation is 2. The van der Waals surface area contributed by atoms with Crippen molar-refractivity contribution in [3.63, 3.8) is 0 Å². The van der Waals surface area contributed by atoms with Crippen molar-refractivity contribution in [2.24, 2.45) is 0 Å². The maximum Gasteiger partial charge on any atom is 0.147 e. The molecule has 1 aromatic heterocycles. The van der Waals surface area contributed by atoms with E-state index in [2.05, 4.69) is 6.07 Å². The van der Waals surface area contributed by atoms with Gasteiger partial charge in [0.2, 0.25) is 0 Å². The van der Waals surface area contributed by atoms with Crippen LogP contribution in [0.5, 0.6) is 0 Å². The molecule has 1 aliphatic rings. The van der Waals surface area contributed by atoms with E-state index in [0.29, 0.717) is 12.8 Å². The van der Waals surface area contributed by atoms with Crippen LogP contribution in [0.2, 0.25) is 0 Å². The number of rotatable bonds is 5. The summed E-state index contributed by atoms with van der Waals surface area (Å²) in [5.74, 6) is 0.162. The van der Waals surface area contributed by atoms with Gasteiger partial charge < -0.3 is 5.11 Å². The smallest absolute Gasteiger partial charge is 0.147 e. The molecule has 1 aliphatic carbocycles. The highest BCUT2D eigenvalue weighted by Gasteiger charge is 2.17. The molecule has 0 fully saturated rings. The van der Waals surface area contributed by atoms with Crippen LogP contribution in [-0.4, -0.2) is 25.5 Å². The quantitative estimate of drug-likeness (QED) is 0.905. The van der Waals surface area contributed by atoms with Gasteiger partial charge in [-0.1, -0.05) is 0 Å². The van der Waals surface area contributed by atoms with E-state index >= 15 is 0 Å². The van der Waals surface area contributed by atoms with E-state index in [1.165, 1.54) is 29.5 Å². The molecule has 102 valence electrons. The first-order valence-corrected chi connectivity index (χ1v) is 9.31. The first-order valence-electron chi connectivity index (χ1n) is 6.43. The van der Waals surface area contributed by atoms with Gasteiger partial charge in [-0.3, -0.25) is 0 Å². The van der Waals surface area contributed by atoms with Gasteiger partial charge >= 0.3 is 0 Å². The minimum atomic E-state index is -2.91.